The lowest BCUT2D eigenvalue weighted by molar-refractivity contribution is -0.126. The van der Waals surface area contributed by atoms with Crippen molar-refractivity contribution in [3.05, 3.63) is 54.0 Å². The number of aromatic nitrogens is 4. The smallest absolute Gasteiger partial charge is 0.257 e. The summed E-state index contributed by atoms with van der Waals surface area (Å²) >= 11 is 0. The average molecular weight is 537 g/mol. The second-order valence-corrected chi connectivity index (χ2v) is 10.1. The fraction of sp³-hybridized carbons (Fsp3) is 0.444. The Bertz CT molecular complexity index is 1380. The molecule has 4 heterocycles. The van der Waals surface area contributed by atoms with Gasteiger partial charge in [-0.1, -0.05) is 20.4 Å². The zero-order chi connectivity index (χ0) is 27.5. The molecule has 1 unspecified atom stereocenters. The number of fused-ring (bicyclic) bond motifs is 1. The summed E-state index contributed by atoms with van der Waals surface area (Å²) in [7, 11) is 0. The Morgan fingerprint density at radius 2 is 2.03 bits per heavy atom. The minimum absolute atomic E-state index is 0.145. The number of anilines is 3. The summed E-state index contributed by atoms with van der Waals surface area (Å²) in [5.74, 6) is -0.520. The summed E-state index contributed by atoms with van der Waals surface area (Å²) in [6.45, 7) is 9.86. The Labute approximate surface area is 225 Å². The molecule has 3 aromatic rings. The Kier molecular flexibility index (Phi) is 7.84. The first-order valence-electron chi connectivity index (χ1n) is 13.2. The summed E-state index contributed by atoms with van der Waals surface area (Å²) in [6, 6.07) is 3.84. The third-order valence-corrected chi connectivity index (χ3v) is 6.96. The number of carbonyl (C=O) groups excluding carboxylic acids is 2. The van der Waals surface area contributed by atoms with E-state index in [4.69, 9.17) is 9.72 Å². The van der Waals surface area contributed by atoms with E-state index in [0.29, 0.717) is 49.3 Å². The summed E-state index contributed by atoms with van der Waals surface area (Å²) in [6.07, 6.45) is 5.15. The molecule has 1 atom stereocenters. The van der Waals surface area contributed by atoms with E-state index in [2.05, 4.69) is 46.5 Å². The van der Waals surface area contributed by atoms with Crippen LogP contribution in [-0.2, 0) is 20.9 Å². The topological polar surface area (TPSA) is 126 Å². The van der Waals surface area contributed by atoms with Crippen LogP contribution in [0.15, 0.2) is 37.1 Å². The molecular formula is C27H33FN8O3. The molecule has 2 aliphatic rings. The molecule has 2 amide bonds. The number of nitrogens with one attached hydrogen (secondary N) is 3. The van der Waals surface area contributed by atoms with Gasteiger partial charge in [0, 0.05) is 31.4 Å². The largest absolute Gasteiger partial charge is 0.381 e. The van der Waals surface area contributed by atoms with Crippen molar-refractivity contribution in [2.24, 2.45) is 0 Å². The number of hydrogen-bond acceptors (Lipinski definition) is 9. The maximum atomic E-state index is 14.7. The van der Waals surface area contributed by atoms with E-state index in [9.17, 15) is 14.0 Å². The van der Waals surface area contributed by atoms with Crippen LogP contribution >= 0.6 is 0 Å². The van der Waals surface area contributed by atoms with Crippen LogP contribution in [0.3, 0.4) is 0 Å². The Morgan fingerprint density at radius 3 is 2.69 bits per heavy atom. The van der Waals surface area contributed by atoms with Crippen molar-refractivity contribution < 1.29 is 18.7 Å². The molecule has 0 radical (unpaired) electrons. The number of ether oxygens (including phenoxy) is 1. The van der Waals surface area contributed by atoms with Crippen molar-refractivity contribution in [1.82, 2.24) is 24.9 Å². The van der Waals surface area contributed by atoms with Gasteiger partial charge < -0.3 is 20.7 Å². The summed E-state index contributed by atoms with van der Waals surface area (Å²) in [5, 5.41) is 14.1. The molecule has 1 aromatic carbocycles. The number of nitrogens with zero attached hydrogens (tertiary/aromatic N) is 5. The van der Waals surface area contributed by atoms with E-state index in [0.717, 1.165) is 29.4 Å². The van der Waals surface area contributed by atoms with Gasteiger partial charge >= 0.3 is 0 Å². The van der Waals surface area contributed by atoms with Gasteiger partial charge in [0.2, 0.25) is 11.9 Å². The van der Waals surface area contributed by atoms with E-state index in [1.54, 1.807) is 16.8 Å². The normalized spacial score (nSPS) is 17.6. The van der Waals surface area contributed by atoms with Crippen LogP contribution in [0, 0.1) is 5.82 Å². The van der Waals surface area contributed by atoms with Gasteiger partial charge in [-0.3, -0.25) is 9.59 Å². The SMILES string of the molecule is C=CC(=O)N(C(=O)C1CCN1)c1cc(F)cc(CNc2nc(NC3CCOCC3)nc3c(C(C)C)cnn23)c1. The summed E-state index contributed by atoms with van der Waals surface area (Å²) in [4.78, 5) is 35.9. The predicted molar refractivity (Wildman–Crippen MR) is 145 cm³/mol. The van der Waals surface area contributed by atoms with Crippen LogP contribution < -0.4 is 20.9 Å². The van der Waals surface area contributed by atoms with Gasteiger partial charge in [0.05, 0.1) is 17.9 Å². The molecule has 5 rings (SSSR count). The van der Waals surface area contributed by atoms with E-state index in [1.165, 1.54) is 12.1 Å². The second-order valence-electron chi connectivity index (χ2n) is 10.1. The van der Waals surface area contributed by atoms with E-state index >= 15 is 0 Å². The number of hydrogen-bond donors (Lipinski definition) is 3. The quantitative estimate of drug-likeness (QED) is 0.354. The maximum Gasteiger partial charge on any atom is 0.257 e. The summed E-state index contributed by atoms with van der Waals surface area (Å²) in [5.41, 5.74) is 2.32. The van der Waals surface area contributed by atoms with Gasteiger partial charge in [-0.05, 0) is 61.6 Å². The standard InChI is InChI=1S/C27H33FN8O3/c1-4-23(37)35(25(38)22-5-8-29-22)20-12-17(11-18(28)13-20)14-30-27-34-26(32-19-6-9-39-10-7-19)33-24-21(16(2)3)15-31-36(24)27/h4,11-13,15-16,19,22,29H,1,5-10,14H2,2-3H3,(H2,30,32,33,34). The van der Waals surface area contributed by atoms with Crippen molar-refractivity contribution in [3.8, 4) is 0 Å². The van der Waals surface area contributed by atoms with Crippen molar-refractivity contribution in [2.75, 3.05) is 35.3 Å². The minimum Gasteiger partial charge on any atom is -0.381 e. The minimum atomic E-state index is -0.614. The van der Waals surface area contributed by atoms with Gasteiger partial charge in [-0.2, -0.15) is 19.6 Å². The Balaban J connectivity index is 1.43. The van der Waals surface area contributed by atoms with Gasteiger partial charge in [0.1, 0.15) is 5.82 Å². The molecular weight excluding hydrogens is 503 g/mol. The third kappa shape index (κ3) is 5.76. The molecule has 0 saturated carbocycles. The molecule has 11 nitrogen and oxygen atoms in total. The zero-order valence-corrected chi connectivity index (χ0v) is 22.1. The number of imide groups is 1. The zero-order valence-electron chi connectivity index (χ0n) is 22.1. The van der Waals surface area contributed by atoms with Gasteiger partial charge in [0.25, 0.3) is 11.8 Å². The van der Waals surface area contributed by atoms with Crippen LogP contribution in [0.25, 0.3) is 5.65 Å². The number of amides is 2. The van der Waals surface area contributed by atoms with Crippen molar-refractivity contribution in [2.45, 2.75) is 57.7 Å². The van der Waals surface area contributed by atoms with Crippen LogP contribution in [-0.4, -0.2) is 63.2 Å². The predicted octanol–water partition coefficient (Wildman–Crippen LogP) is 3.00. The second kappa shape index (κ2) is 11.5. The van der Waals surface area contributed by atoms with Crippen molar-refractivity contribution >= 4 is 35.0 Å². The lowest BCUT2D eigenvalue weighted by Gasteiger charge is -2.31. The highest BCUT2D eigenvalue weighted by atomic mass is 19.1. The first kappa shape index (κ1) is 26.7. The molecule has 0 spiro atoms. The molecule has 0 aliphatic carbocycles. The van der Waals surface area contributed by atoms with Crippen LogP contribution in [0.4, 0.5) is 22.0 Å². The number of benzene rings is 1. The first-order chi connectivity index (χ1) is 18.8. The molecule has 2 aromatic heterocycles. The maximum absolute atomic E-state index is 14.7. The van der Waals surface area contributed by atoms with Gasteiger partial charge in [-0.15, -0.1) is 0 Å². The summed E-state index contributed by atoms with van der Waals surface area (Å²) < 4.78 is 21.8. The lowest BCUT2D eigenvalue weighted by Crippen LogP contribution is -2.55. The van der Waals surface area contributed by atoms with E-state index in [1.807, 2.05) is 0 Å². The highest BCUT2D eigenvalue weighted by molar-refractivity contribution is 6.20. The number of carbonyl (C=O) groups is 2. The number of halogens is 1. The Morgan fingerprint density at radius 1 is 1.26 bits per heavy atom. The monoisotopic (exact) mass is 536 g/mol. The van der Waals surface area contributed by atoms with E-state index in [-0.39, 0.29) is 24.2 Å². The van der Waals surface area contributed by atoms with Crippen molar-refractivity contribution in [3.63, 3.8) is 0 Å². The van der Waals surface area contributed by atoms with Crippen LogP contribution in [0.1, 0.15) is 50.2 Å². The Hall–Kier alpha value is -3.90. The first-order valence-corrected chi connectivity index (χ1v) is 13.2. The fourth-order valence-corrected chi connectivity index (χ4v) is 4.66. The molecule has 12 heteroatoms. The lowest BCUT2D eigenvalue weighted by atomic mass is 10.0. The number of rotatable bonds is 9. The van der Waals surface area contributed by atoms with Crippen molar-refractivity contribution in [1.29, 1.82) is 0 Å². The molecule has 206 valence electrons. The fourth-order valence-electron chi connectivity index (χ4n) is 4.66. The van der Waals surface area contributed by atoms with Crippen LogP contribution in [0.2, 0.25) is 0 Å². The molecule has 2 saturated heterocycles. The highest BCUT2D eigenvalue weighted by Crippen LogP contribution is 2.25. The van der Waals surface area contributed by atoms with Crippen LogP contribution in [0.5, 0.6) is 0 Å². The van der Waals surface area contributed by atoms with E-state index < -0.39 is 23.7 Å². The highest BCUT2D eigenvalue weighted by Gasteiger charge is 2.33. The molecule has 39 heavy (non-hydrogen) atoms. The van der Waals surface area contributed by atoms with Gasteiger partial charge in [-0.25, -0.2) is 9.29 Å². The molecule has 2 aliphatic heterocycles. The molecule has 3 N–H and O–H groups in total. The average Bonchev–Trinajstić information content (AvgIpc) is 3.31. The third-order valence-electron chi connectivity index (χ3n) is 6.96. The molecule has 2 fully saturated rings. The molecule has 0 bridgehead atoms. The van der Waals surface area contributed by atoms with Gasteiger partial charge in [0.15, 0.2) is 5.65 Å².